The lowest BCUT2D eigenvalue weighted by Gasteiger charge is -2.08. The fourth-order valence-corrected chi connectivity index (χ4v) is 3.86. The number of amides is 1. The third kappa shape index (κ3) is 4.62. The Balaban J connectivity index is 1.30. The molecule has 30 heavy (non-hydrogen) atoms. The molecule has 2 aromatic heterocycles. The summed E-state index contributed by atoms with van der Waals surface area (Å²) < 4.78 is 12.6. The first-order valence-corrected chi connectivity index (χ1v) is 10.5. The SMILES string of the molecule is C=CCn1c(SCCC(=O)NCc2ccc3c(c2)OCO3)nnc1-c1cccnc1. The molecule has 1 N–H and O–H groups in total. The molecule has 9 heteroatoms. The molecule has 0 saturated heterocycles. The standard InChI is InChI=1S/C21H21N5O3S/c1-2-9-26-20(16-4-3-8-22-13-16)24-25-21(26)30-10-7-19(27)23-12-15-5-6-17-18(11-15)29-14-28-17/h2-6,8,11,13H,1,7,9-10,12,14H2,(H,23,27). The van der Waals surface area contributed by atoms with Crippen molar-refractivity contribution in [2.45, 2.75) is 24.7 Å². The van der Waals surface area contributed by atoms with E-state index >= 15 is 0 Å². The van der Waals surface area contributed by atoms with Gasteiger partial charge in [0.1, 0.15) is 0 Å². The zero-order valence-electron chi connectivity index (χ0n) is 16.3. The van der Waals surface area contributed by atoms with E-state index in [9.17, 15) is 4.79 Å². The van der Waals surface area contributed by atoms with Gasteiger partial charge in [-0.15, -0.1) is 16.8 Å². The molecule has 8 nitrogen and oxygen atoms in total. The molecule has 0 spiro atoms. The van der Waals surface area contributed by atoms with Gasteiger partial charge in [-0.3, -0.25) is 14.3 Å². The van der Waals surface area contributed by atoms with Gasteiger partial charge in [0.05, 0.1) is 0 Å². The molecule has 0 bridgehead atoms. The summed E-state index contributed by atoms with van der Waals surface area (Å²) >= 11 is 1.49. The molecule has 0 aliphatic carbocycles. The minimum absolute atomic E-state index is 0.0255. The van der Waals surface area contributed by atoms with Gasteiger partial charge in [0.2, 0.25) is 12.7 Å². The lowest BCUT2D eigenvalue weighted by molar-refractivity contribution is -0.120. The number of rotatable bonds is 9. The van der Waals surface area contributed by atoms with Gasteiger partial charge in [-0.05, 0) is 29.8 Å². The van der Waals surface area contributed by atoms with E-state index in [0.717, 1.165) is 27.9 Å². The van der Waals surface area contributed by atoms with Gasteiger partial charge in [0, 0.05) is 43.2 Å². The number of thioether (sulfide) groups is 1. The van der Waals surface area contributed by atoms with Crippen LogP contribution in [0.1, 0.15) is 12.0 Å². The van der Waals surface area contributed by atoms with Crippen LogP contribution in [-0.2, 0) is 17.9 Å². The Bertz CT molecular complexity index is 1040. The number of hydrogen-bond acceptors (Lipinski definition) is 7. The maximum atomic E-state index is 12.2. The van der Waals surface area contributed by atoms with Crippen LogP contribution in [0.15, 0.2) is 60.5 Å². The maximum Gasteiger partial charge on any atom is 0.231 e. The average molecular weight is 423 g/mol. The minimum atomic E-state index is -0.0255. The summed E-state index contributed by atoms with van der Waals surface area (Å²) in [7, 11) is 0. The van der Waals surface area contributed by atoms with Gasteiger partial charge in [0.15, 0.2) is 22.5 Å². The predicted molar refractivity (Wildman–Crippen MR) is 113 cm³/mol. The Labute approximate surface area is 178 Å². The van der Waals surface area contributed by atoms with Crippen molar-refractivity contribution in [3.05, 3.63) is 60.9 Å². The van der Waals surface area contributed by atoms with Crippen LogP contribution in [0.3, 0.4) is 0 Å². The number of fused-ring (bicyclic) bond motifs is 1. The summed E-state index contributed by atoms with van der Waals surface area (Å²) in [4.78, 5) is 16.4. The molecular weight excluding hydrogens is 402 g/mol. The van der Waals surface area contributed by atoms with Gasteiger partial charge < -0.3 is 14.8 Å². The van der Waals surface area contributed by atoms with E-state index in [1.807, 2.05) is 34.9 Å². The number of hydrogen-bond donors (Lipinski definition) is 1. The minimum Gasteiger partial charge on any atom is -0.454 e. The molecule has 1 aromatic carbocycles. The van der Waals surface area contributed by atoms with Crippen LogP contribution in [-0.4, -0.2) is 38.2 Å². The molecule has 3 aromatic rings. The normalized spacial score (nSPS) is 12.0. The smallest absolute Gasteiger partial charge is 0.231 e. The fourth-order valence-electron chi connectivity index (χ4n) is 2.97. The first-order valence-electron chi connectivity index (χ1n) is 9.47. The average Bonchev–Trinajstić information content (AvgIpc) is 3.40. The number of nitrogens with one attached hydrogen (secondary N) is 1. The van der Waals surface area contributed by atoms with E-state index in [2.05, 4.69) is 27.1 Å². The molecule has 1 aliphatic heterocycles. The first kappa shape index (κ1) is 20.0. The molecular formula is C21H21N5O3S. The summed E-state index contributed by atoms with van der Waals surface area (Å²) in [6.07, 6.45) is 5.64. The number of carbonyl (C=O) groups is 1. The predicted octanol–water partition coefficient (Wildman–Crippen LogP) is 3.05. The number of carbonyl (C=O) groups excluding carboxylic acids is 1. The van der Waals surface area contributed by atoms with Crippen molar-refractivity contribution < 1.29 is 14.3 Å². The van der Waals surface area contributed by atoms with Crippen LogP contribution in [0.2, 0.25) is 0 Å². The van der Waals surface area contributed by atoms with Crippen molar-refractivity contribution in [1.82, 2.24) is 25.1 Å². The molecule has 0 unspecified atom stereocenters. The highest BCUT2D eigenvalue weighted by Gasteiger charge is 2.15. The summed E-state index contributed by atoms with van der Waals surface area (Å²) in [6, 6.07) is 9.45. The fraction of sp³-hybridized carbons (Fsp3) is 0.238. The highest BCUT2D eigenvalue weighted by molar-refractivity contribution is 7.99. The highest BCUT2D eigenvalue weighted by atomic mass is 32.2. The van der Waals surface area contributed by atoms with Crippen molar-refractivity contribution in [1.29, 1.82) is 0 Å². The van der Waals surface area contributed by atoms with E-state index in [-0.39, 0.29) is 12.7 Å². The van der Waals surface area contributed by atoms with Crippen LogP contribution >= 0.6 is 11.8 Å². The first-order chi connectivity index (χ1) is 14.7. The molecule has 3 heterocycles. The quantitative estimate of drug-likeness (QED) is 0.418. The van der Waals surface area contributed by atoms with Gasteiger partial charge in [-0.2, -0.15) is 0 Å². The van der Waals surface area contributed by atoms with Gasteiger partial charge in [-0.25, -0.2) is 0 Å². The van der Waals surface area contributed by atoms with E-state index in [1.54, 1.807) is 18.5 Å². The Morgan fingerprint density at radius 3 is 3.00 bits per heavy atom. The summed E-state index contributed by atoms with van der Waals surface area (Å²) in [5.74, 6) is 2.74. The van der Waals surface area contributed by atoms with Crippen molar-refractivity contribution in [2.75, 3.05) is 12.5 Å². The zero-order chi connectivity index (χ0) is 20.8. The lowest BCUT2D eigenvalue weighted by Crippen LogP contribution is -2.23. The number of benzene rings is 1. The lowest BCUT2D eigenvalue weighted by atomic mass is 10.2. The molecule has 1 aliphatic rings. The third-order valence-electron chi connectivity index (χ3n) is 4.44. The van der Waals surface area contributed by atoms with Crippen LogP contribution in [0, 0.1) is 0 Å². The van der Waals surface area contributed by atoms with Gasteiger partial charge >= 0.3 is 0 Å². The van der Waals surface area contributed by atoms with Crippen LogP contribution in [0.25, 0.3) is 11.4 Å². The second kappa shape index (κ2) is 9.45. The molecule has 0 radical (unpaired) electrons. The van der Waals surface area contributed by atoms with E-state index in [1.165, 1.54) is 11.8 Å². The number of nitrogens with zero attached hydrogens (tertiary/aromatic N) is 4. The van der Waals surface area contributed by atoms with Crippen molar-refractivity contribution in [3.63, 3.8) is 0 Å². The maximum absolute atomic E-state index is 12.2. The Kier molecular flexibility index (Phi) is 6.29. The monoisotopic (exact) mass is 423 g/mol. The molecule has 0 fully saturated rings. The second-order valence-electron chi connectivity index (χ2n) is 6.51. The summed E-state index contributed by atoms with van der Waals surface area (Å²) in [6.45, 7) is 5.07. The topological polar surface area (TPSA) is 91.2 Å². The van der Waals surface area contributed by atoms with Crippen molar-refractivity contribution in [2.24, 2.45) is 0 Å². The van der Waals surface area contributed by atoms with Crippen molar-refractivity contribution >= 4 is 17.7 Å². The largest absolute Gasteiger partial charge is 0.454 e. The third-order valence-corrected chi connectivity index (χ3v) is 5.40. The molecule has 1 amide bonds. The number of pyridine rings is 1. The zero-order valence-corrected chi connectivity index (χ0v) is 17.1. The van der Waals surface area contributed by atoms with Gasteiger partial charge in [0.25, 0.3) is 0 Å². The van der Waals surface area contributed by atoms with Gasteiger partial charge in [-0.1, -0.05) is 23.9 Å². The number of allylic oxidation sites excluding steroid dienone is 1. The van der Waals surface area contributed by atoms with E-state index in [4.69, 9.17) is 9.47 Å². The number of ether oxygens (including phenoxy) is 2. The molecule has 154 valence electrons. The Morgan fingerprint density at radius 1 is 1.27 bits per heavy atom. The van der Waals surface area contributed by atoms with Crippen LogP contribution < -0.4 is 14.8 Å². The number of aromatic nitrogens is 4. The Morgan fingerprint density at radius 2 is 2.17 bits per heavy atom. The molecule has 0 saturated carbocycles. The second-order valence-corrected chi connectivity index (χ2v) is 7.57. The Hall–Kier alpha value is -3.33. The molecule has 4 rings (SSSR count). The van der Waals surface area contributed by atoms with Crippen molar-refractivity contribution in [3.8, 4) is 22.9 Å². The summed E-state index contributed by atoms with van der Waals surface area (Å²) in [5.41, 5.74) is 1.85. The molecule has 0 atom stereocenters. The van der Waals surface area contributed by atoms with E-state index < -0.39 is 0 Å². The highest BCUT2D eigenvalue weighted by Crippen LogP contribution is 2.32. The summed E-state index contributed by atoms with van der Waals surface area (Å²) in [5, 5.41) is 12.2. The van der Waals surface area contributed by atoms with Crippen LogP contribution in [0.4, 0.5) is 0 Å². The van der Waals surface area contributed by atoms with E-state index in [0.29, 0.717) is 31.0 Å². The van der Waals surface area contributed by atoms with Crippen LogP contribution in [0.5, 0.6) is 11.5 Å².